The van der Waals surface area contributed by atoms with E-state index in [1.807, 2.05) is 6.07 Å². The molecule has 0 radical (unpaired) electrons. The van der Waals surface area contributed by atoms with Gasteiger partial charge in [-0.1, -0.05) is 30.3 Å². The number of carbonyl (C=O) groups is 2. The van der Waals surface area contributed by atoms with E-state index in [-0.39, 0.29) is 31.8 Å². The van der Waals surface area contributed by atoms with Gasteiger partial charge in [0, 0.05) is 19.5 Å². The maximum Gasteiger partial charge on any atom is 0.308 e. The van der Waals surface area contributed by atoms with E-state index in [4.69, 9.17) is 0 Å². The molecular formula is C15H20N2O5S. The Morgan fingerprint density at radius 3 is 2.57 bits per heavy atom. The monoisotopic (exact) mass is 340 g/mol. The maximum atomic E-state index is 12.3. The molecule has 0 bridgehead atoms. The molecule has 8 heteroatoms. The molecule has 1 aromatic rings. The Kier molecular flexibility index (Phi) is 5.38. The van der Waals surface area contributed by atoms with Crippen LogP contribution in [0.4, 0.5) is 0 Å². The van der Waals surface area contributed by atoms with Gasteiger partial charge in [0.2, 0.25) is 15.9 Å². The van der Waals surface area contributed by atoms with Crippen molar-refractivity contribution in [2.45, 2.75) is 18.9 Å². The number of carboxylic acids is 1. The minimum absolute atomic E-state index is 0.0558. The van der Waals surface area contributed by atoms with E-state index in [9.17, 15) is 23.1 Å². The molecule has 1 fully saturated rings. The average molecular weight is 340 g/mol. The summed E-state index contributed by atoms with van der Waals surface area (Å²) in [6.45, 7) is 0.190. The minimum Gasteiger partial charge on any atom is -0.481 e. The standard InChI is InChI=1S/C15H20N2O5S/c1-23(21,22)16-9-10-17-13(18)8-7-12(15(19)20)14(17)11-5-3-2-4-6-11/h2-6,12,14,16H,7-10H2,1H3,(H,19,20)/t12-,14+/m1/s1. The van der Waals surface area contributed by atoms with Crippen molar-refractivity contribution in [2.75, 3.05) is 19.3 Å². The Hall–Kier alpha value is -1.93. The Morgan fingerprint density at radius 1 is 1.35 bits per heavy atom. The number of aliphatic carboxylic acids is 1. The molecule has 7 nitrogen and oxygen atoms in total. The van der Waals surface area contributed by atoms with E-state index in [1.54, 1.807) is 24.3 Å². The number of carboxylic acid groups (broad SMARTS) is 1. The lowest BCUT2D eigenvalue weighted by Crippen LogP contribution is -2.48. The molecule has 0 aromatic heterocycles. The molecule has 0 spiro atoms. The molecule has 1 amide bonds. The number of rotatable bonds is 6. The lowest BCUT2D eigenvalue weighted by Gasteiger charge is -2.39. The van der Waals surface area contributed by atoms with Crippen LogP contribution in [0.3, 0.4) is 0 Å². The lowest BCUT2D eigenvalue weighted by atomic mass is 9.84. The van der Waals surface area contributed by atoms with Gasteiger partial charge in [-0.2, -0.15) is 0 Å². The number of piperidine rings is 1. The Labute approximate surface area is 135 Å². The van der Waals surface area contributed by atoms with Gasteiger partial charge in [0.15, 0.2) is 0 Å². The molecule has 1 aromatic carbocycles. The number of benzene rings is 1. The molecule has 0 unspecified atom stereocenters. The number of nitrogens with one attached hydrogen (secondary N) is 1. The van der Waals surface area contributed by atoms with Crippen molar-refractivity contribution in [3.63, 3.8) is 0 Å². The number of hydrogen-bond acceptors (Lipinski definition) is 4. The Bertz CT molecular complexity index is 674. The van der Waals surface area contributed by atoms with Crippen molar-refractivity contribution in [3.8, 4) is 0 Å². The van der Waals surface area contributed by atoms with Gasteiger partial charge < -0.3 is 10.0 Å². The van der Waals surface area contributed by atoms with Gasteiger partial charge in [-0.3, -0.25) is 9.59 Å². The van der Waals surface area contributed by atoms with Crippen molar-refractivity contribution < 1.29 is 23.1 Å². The molecule has 2 rings (SSSR count). The summed E-state index contributed by atoms with van der Waals surface area (Å²) in [5.41, 5.74) is 0.743. The van der Waals surface area contributed by atoms with E-state index >= 15 is 0 Å². The van der Waals surface area contributed by atoms with Crippen molar-refractivity contribution in [1.29, 1.82) is 0 Å². The fraction of sp³-hybridized carbons (Fsp3) is 0.467. The van der Waals surface area contributed by atoms with Crippen LogP contribution in [0.25, 0.3) is 0 Å². The van der Waals surface area contributed by atoms with E-state index < -0.39 is 28.0 Å². The van der Waals surface area contributed by atoms with E-state index in [0.29, 0.717) is 0 Å². The normalized spacial score (nSPS) is 22.1. The summed E-state index contributed by atoms with van der Waals surface area (Å²) < 4.78 is 24.7. The van der Waals surface area contributed by atoms with Gasteiger partial charge >= 0.3 is 5.97 Å². The van der Waals surface area contributed by atoms with Crippen molar-refractivity contribution >= 4 is 21.9 Å². The zero-order chi connectivity index (χ0) is 17.0. The highest BCUT2D eigenvalue weighted by Gasteiger charge is 2.40. The first kappa shape index (κ1) is 17.4. The molecule has 1 heterocycles. The van der Waals surface area contributed by atoms with Gasteiger partial charge in [0.1, 0.15) is 0 Å². The first-order valence-corrected chi connectivity index (χ1v) is 9.20. The fourth-order valence-corrected chi connectivity index (χ4v) is 3.35. The molecule has 1 aliphatic heterocycles. The number of hydrogen-bond donors (Lipinski definition) is 2. The second-order valence-corrected chi connectivity index (χ2v) is 7.43. The second-order valence-electron chi connectivity index (χ2n) is 5.59. The van der Waals surface area contributed by atoms with Crippen LogP contribution in [0.5, 0.6) is 0 Å². The molecule has 2 atom stereocenters. The predicted octanol–water partition coefficient (Wildman–Crippen LogP) is 0.600. The third-order valence-corrected chi connectivity index (χ3v) is 4.61. The largest absolute Gasteiger partial charge is 0.481 e. The summed E-state index contributed by atoms with van der Waals surface area (Å²) in [6, 6.07) is 8.39. The van der Waals surface area contributed by atoms with Crippen LogP contribution in [-0.4, -0.2) is 49.6 Å². The first-order chi connectivity index (χ1) is 10.8. The number of sulfonamides is 1. The molecule has 1 saturated heterocycles. The highest BCUT2D eigenvalue weighted by atomic mass is 32.2. The van der Waals surface area contributed by atoms with Crippen LogP contribution < -0.4 is 4.72 Å². The highest BCUT2D eigenvalue weighted by Crippen LogP contribution is 2.36. The summed E-state index contributed by atoms with van der Waals surface area (Å²) in [5, 5.41) is 9.48. The van der Waals surface area contributed by atoms with Gasteiger partial charge in [0.05, 0.1) is 18.2 Å². The maximum absolute atomic E-state index is 12.3. The minimum atomic E-state index is -3.36. The van der Waals surface area contributed by atoms with Crippen molar-refractivity contribution in [2.24, 2.45) is 5.92 Å². The first-order valence-electron chi connectivity index (χ1n) is 7.31. The lowest BCUT2D eigenvalue weighted by molar-refractivity contribution is -0.152. The summed E-state index contributed by atoms with van der Waals surface area (Å²) in [6.07, 6.45) is 1.47. The zero-order valence-electron chi connectivity index (χ0n) is 12.8. The molecule has 126 valence electrons. The molecule has 1 aliphatic rings. The van der Waals surface area contributed by atoms with Crippen LogP contribution >= 0.6 is 0 Å². The van der Waals surface area contributed by atoms with Crippen molar-refractivity contribution in [1.82, 2.24) is 9.62 Å². The Balaban J connectivity index is 2.26. The number of nitrogens with zero attached hydrogens (tertiary/aromatic N) is 1. The fourth-order valence-electron chi connectivity index (χ4n) is 2.89. The molecule has 23 heavy (non-hydrogen) atoms. The third-order valence-electron chi connectivity index (χ3n) is 3.88. The molecule has 0 saturated carbocycles. The van der Waals surface area contributed by atoms with Crippen LogP contribution in [0.1, 0.15) is 24.4 Å². The van der Waals surface area contributed by atoms with Crippen LogP contribution in [0.2, 0.25) is 0 Å². The van der Waals surface area contributed by atoms with Gasteiger partial charge in [-0.05, 0) is 12.0 Å². The number of likely N-dealkylation sites (tertiary alicyclic amines) is 1. The zero-order valence-corrected chi connectivity index (χ0v) is 13.6. The second kappa shape index (κ2) is 7.10. The highest BCUT2D eigenvalue weighted by molar-refractivity contribution is 7.88. The van der Waals surface area contributed by atoms with E-state index in [2.05, 4.69) is 4.72 Å². The van der Waals surface area contributed by atoms with Crippen LogP contribution in [-0.2, 0) is 19.6 Å². The third kappa shape index (κ3) is 4.52. The van der Waals surface area contributed by atoms with E-state index in [1.165, 1.54) is 4.90 Å². The molecule has 2 N–H and O–H groups in total. The van der Waals surface area contributed by atoms with Crippen LogP contribution in [0, 0.1) is 5.92 Å². The smallest absolute Gasteiger partial charge is 0.308 e. The van der Waals surface area contributed by atoms with Crippen molar-refractivity contribution in [3.05, 3.63) is 35.9 Å². The predicted molar refractivity (Wildman–Crippen MR) is 84.1 cm³/mol. The van der Waals surface area contributed by atoms with Gasteiger partial charge in [-0.15, -0.1) is 0 Å². The number of carbonyl (C=O) groups excluding carboxylic acids is 1. The quantitative estimate of drug-likeness (QED) is 0.789. The summed E-state index contributed by atoms with van der Waals surface area (Å²) >= 11 is 0. The summed E-state index contributed by atoms with van der Waals surface area (Å²) in [5.74, 6) is -1.81. The van der Waals surface area contributed by atoms with Gasteiger partial charge in [-0.25, -0.2) is 13.1 Å². The van der Waals surface area contributed by atoms with Crippen LogP contribution in [0.15, 0.2) is 30.3 Å². The molecule has 0 aliphatic carbocycles. The van der Waals surface area contributed by atoms with Gasteiger partial charge in [0.25, 0.3) is 0 Å². The SMILES string of the molecule is CS(=O)(=O)NCCN1C(=O)CC[C@@H](C(=O)O)[C@@H]1c1ccccc1. The average Bonchev–Trinajstić information content (AvgIpc) is 2.48. The summed E-state index contributed by atoms with van der Waals surface area (Å²) in [4.78, 5) is 25.3. The Morgan fingerprint density at radius 2 is 2.00 bits per heavy atom. The number of amides is 1. The molecular weight excluding hydrogens is 320 g/mol. The van der Waals surface area contributed by atoms with E-state index in [0.717, 1.165) is 11.8 Å². The topological polar surface area (TPSA) is 104 Å². The summed E-state index contributed by atoms with van der Waals surface area (Å²) in [7, 11) is -3.36.